The minimum atomic E-state index is -0.511. The van der Waals surface area contributed by atoms with Crippen molar-refractivity contribution in [3.8, 4) is 11.4 Å². The molecule has 7 heteroatoms. The molecule has 2 saturated heterocycles. The van der Waals surface area contributed by atoms with Crippen LogP contribution in [0.1, 0.15) is 19.8 Å². The van der Waals surface area contributed by atoms with Crippen molar-refractivity contribution in [2.45, 2.75) is 32.0 Å². The van der Waals surface area contributed by atoms with Gasteiger partial charge in [-0.05, 0) is 60.5 Å². The van der Waals surface area contributed by atoms with Crippen LogP contribution in [-0.2, 0) is 4.74 Å². The van der Waals surface area contributed by atoms with Crippen LogP contribution in [0.15, 0.2) is 53.5 Å². The molecule has 3 aromatic rings. The average molecular weight is 438 g/mol. The number of fused-ring (bicyclic) bond motifs is 1. The largest absolute Gasteiger partial charge is 0.491 e. The first-order chi connectivity index (χ1) is 15.5. The van der Waals surface area contributed by atoms with Crippen LogP contribution in [-0.4, -0.2) is 48.2 Å². The Hall–Kier alpha value is -2.90. The zero-order valence-electron chi connectivity index (χ0n) is 18.0. The van der Waals surface area contributed by atoms with Gasteiger partial charge in [-0.25, -0.2) is 4.39 Å². The number of halogens is 1. The molecule has 2 unspecified atom stereocenters. The third kappa shape index (κ3) is 3.98. The van der Waals surface area contributed by atoms with Crippen molar-refractivity contribution in [3.63, 3.8) is 0 Å². The molecule has 6 nitrogen and oxygen atoms in total. The number of ether oxygens (including phenoxy) is 2. The molecule has 0 aliphatic carbocycles. The Kier molecular flexibility index (Phi) is 5.61. The Bertz CT molecular complexity index is 1190. The summed E-state index contributed by atoms with van der Waals surface area (Å²) in [6, 6.07) is 12.0. The van der Waals surface area contributed by atoms with Crippen LogP contribution in [0.4, 0.5) is 10.1 Å². The Balaban J connectivity index is 1.38. The van der Waals surface area contributed by atoms with E-state index in [4.69, 9.17) is 9.47 Å². The van der Waals surface area contributed by atoms with Gasteiger partial charge in [0.2, 0.25) is 0 Å². The average Bonchev–Trinajstić information content (AvgIpc) is 3.40. The SMILES string of the molecule is CC1CCN(c2ccc(-n3ccc4cc(OC[C@H]5OCCC5O)ccc4c3=O)cc2F)C1. The van der Waals surface area contributed by atoms with Crippen molar-refractivity contribution >= 4 is 16.5 Å². The summed E-state index contributed by atoms with van der Waals surface area (Å²) in [5, 5.41) is 11.1. The highest BCUT2D eigenvalue weighted by atomic mass is 19.1. The lowest BCUT2D eigenvalue weighted by atomic mass is 10.1. The second-order valence-corrected chi connectivity index (χ2v) is 8.79. The van der Waals surface area contributed by atoms with Crippen LogP contribution in [0, 0.1) is 11.7 Å². The number of anilines is 1. The molecule has 2 aliphatic rings. The molecule has 0 radical (unpaired) electrons. The highest BCUT2D eigenvalue weighted by Crippen LogP contribution is 2.28. The molecule has 32 heavy (non-hydrogen) atoms. The molecule has 0 saturated carbocycles. The minimum Gasteiger partial charge on any atom is -0.491 e. The van der Waals surface area contributed by atoms with Gasteiger partial charge in [-0.1, -0.05) is 6.92 Å². The van der Waals surface area contributed by atoms with E-state index < -0.39 is 6.10 Å². The molecular weight excluding hydrogens is 411 g/mol. The van der Waals surface area contributed by atoms with Crippen LogP contribution in [0.2, 0.25) is 0 Å². The second kappa shape index (κ2) is 8.56. The van der Waals surface area contributed by atoms with Crippen LogP contribution in [0.5, 0.6) is 5.75 Å². The number of aromatic nitrogens is 1. The lowest BCUT2D eigenvalue weighted by Gasteiger charge is -2.19. The number of pyridine rings is 1. The summed E-state index contributed by atoms with van der Waals surface area (Å²) < 4.78 is 27.5. The Morgan fingerprint density at radius 2 is 2.06 bits per heavy atom. The van der Waals surface area contributed by atoms with Crippen molar-refractivity contribution < 1.29 is 19.0 Å². The molecule has 5 rings (SSSR count). The molecular formula is C25H27FN2O4. The standard InChI is InChI=1S/C25H27FN2O4/c1-16-6-9-27(14-16)22-5-2-18(13-21(22)26)28-10-7-17-12-19(3-4-20(17)25(28)30)32-15-24-23(29)8-11-31-24/h2-5,7,10,12-13,16,23-24,29H,6,8-9,11,14-15H2,1H3/t16?,23?,24-/m1/s1. The van der Waals surface area contributed by atoms with Gasteiger partial charge in [0.25, 0.3) is 5.56 Å². The predicted molar refractivity (Wildman–Crippen MR) is 121 cm³/mol. The minimum absolute atomic E-state index is 0.217. The summed E-state index contributed by atoms with van der Waals surface area (Å²) in [5.74, 6) is 0.845. The van der Waals surface area contributed by atoms with E-state index in [-0.39, 0.29) is 24.1 Å². The fourth-order valence-electron chi connectivity index (χ4n) is 4.55. The first-order valence-corrected chi connectivity index (χ1v) is 11.1. The molecule has 1 aromatic heterocycles. The molecule has 2 fully saturated rings. The smallest absolute Gasteiger partial charge is 0.262 e. The fourth-order valence-corrected chi connectivity index (χ4v) is 4.55. The number of rotatable bonds is 5. The van der Waals surface area contributed by atoms with Gasteiger partial charge in [-0.2, -0.15) is 0 Å². The van der Waals surface area contributed by atoms with Gasteiger partial charge >= 0.3 is 0 Å². The predicted octanol–water partition coefficient (Wildman–Crippen LogP) is 3.50. The number of aliphatic hydroxyl groups excluding tert-OH is 1. The van der Waals surface area contributed by atoms with E-state index in [1.54, 1.807) is 36.5 Å². The quantitative estimate of drug-likeness (QED) is 0.661. The molecule has 2 aliphatic heterocycles. The molecule has 168 valence electrons. The summed E-state index contributed by atoms with van der Waals surface area (Å²) in [5.41, 5.74) is 0.869. The van der Waals surface area contributed by atoms with Crippen molar-refractivity contribution in [1.29, 1.82) is 0 Å². The highest BCUT2D eigenvalue weighted by molar-refractivity contribution is 5.83. The van der Waals surface area contributed by atoms with E-state index in [0.29, 0.717) is 41.5 Å². The number of nitrogens with zero attached hydrogens (tertiary/aromatic N) is 2. The van der Waals surface area contributed by atoms with Gasteiger partial charge in [0.05, 0.1) is 17.5 Å². The van der Waals surface area contributed by atoms with Crippen molar-refractivity contribution in [2.24, 2.45) is 5.92 Å². The first-order valence-electron chi connectivity index (χ1n) is 11.1. The third-order valence-corrected chi connectivity index (χ3v) is 6.44. The molecule has 2 aromatic carbocycles. The van der Waals surface area contributed by atoms with E-state index in [0.717, 1.165) is 24.9 Å². The van der Waals surface area contributed by atoms with Crippen LogP contribution >= 0.6 is 0 Å². The zero-order valence-corrected chi connectivity index (χ0v) is 18.0. The number of benzene rings is 2. The Morgan fingerprint density at radius 1 is 1.19 bits per heavy atom. The Labute approximate surface area is 185 Å². The summed E-state index contributed by atoms with van der Waals surface area (Å²) in [4.78, 5) is 15.1. The molecule has 3 heterocycles. The Morgan fingerprint density at radius 3 is 2.78 bits per heavy atom. The van der Waals surface area contributed by atoms with Gasteiger partial charge in [-0.3, -0.25) is 9.36 Å². The van der Waals surface area contributed by atoms with E-state index in [2.05, 4.69) is 11.8 Å². The van der Waals surface area contributed by atoms with E-state index in [1.807, 2.05) is 6.07 Å². The monoisotopic (exact) mass is 438 g/mol. The molecule has 3 atom stereocenters. The third-order valence-electron chi connectivity index (χ3n) is 6.44. The maximum absolute atomic E-state index is 14.9. The summed E-state index contributed by atoms with van der Waals surface area (Å²) in [6.45, 7) is 4.66. The van der Waals surface area contributed by atoms with Crippen molar-refractivity contribution in [3.05, 3.63) is 64.8 Å². The summed E-state index contributed by atoms with van der Waals surface area (Å²) in [6.07, 6.45) is 2.49. The van der Waals surface area contributed by atoms with Gasteiger partial charge < -0.3 is 19.5 Å². The maximum atomic E-state index is 14.9. The van der Waals surface area contributed by atoms with Crippen LogP contribution in [0.3, 0.4) is 0 Å². The molecule has 0 amide bonds. The molecule has 1 N–H and O–H groups in total. The van der Waals surface area contributed by atoms with Crippen molar-refractivity contribution in [1.82, 2.24) is 4.57 Å². The van der Waals surface area contributed by atoms with Crippen molar-refractivity contribution in [2.75, 3.05) is 31.2 Å². The van der Waals surface area contributed by atoms with Crippen LogP contribution in [0.25, 0.3) is 16.5 Å². The lowest BCUT2D eigenvalue weighted by molar-refractivity contribution is 0.0110. The second-order valence-electron chi connectivity index (χ2n) is 8.79. The van der Waals surface area contributed by atoms with Crippen LogP contribution < -0.4 is 15.2 Å². The van der Waals surface area contributed by atoms with Gasteiger partial charge in [0.15, 0.2) is 0 Å². The lowest BCUT2D eigenvalue weighted by Crippen LogP contribution is -2.27. The first kappa shape index (κ1) is 21.0. The fraction of sp³-hybridized carbons (Fsp3) is 0.400. The number of hydrogen-bond donors (Lipinski definition) is 1. The summed E-state index contributed by atoms with van der Waals surface area (Å²) >= 11 is 0. The topological polar surface area (TPSA) is 63.9 Å². The number of hydrogen-bond acceptors (Lipinski definition) is 5. The number of aliphatic hydroxyl groups is 1. The maximum Gasteiger partial charge on any atom is 0.262 e. The highest BCUT2D eigenvalue weighted by Gasteiger charge is 2.26. The normalized spacial score (nSPS) is 23.2. The molecule has 0 bridgehead atoms. The van der Waals surface area contributed by atoms with Gasteiger partial charge in [-0.15, -0.1) is 0 Å². The van der Waals surface area contributed by atoms with E-state index in [1.165, 1.54) is 10.6 Å². The molecule has 0 spiro atoms. The zero-order chi connectivity index (χ0) is 22.2. The van der Waals surface area contributed by atoms with E-state index in [9.17, 15) is 14.3 Å². The van der Waals surface area contributed by atoms with Gasteiger partial charge in [0.1, 0.15) is 24.3 Å². The van der Waals surface area contributed by atoms with Gasteiger partial charge in [0, 0.05) is 37.3 Å². The van der Waals surface area contributed by atoms with E-state index >= 15 is 0 Å². The summed E-state index contributed by atoms with van der Waals surface area (Å²) in [7, 11) is 0.